The minimum Gasteiger partial charge on any atom is -0.497 e. The molecule has 120 valence electrons. The van der Waals surface area contributed by atoms with Gasteiger partial charge in [0.15, 0.2) is 5.11 Å². The number of hydrogen-bond donors (Lipinski definition) is 2. The quantitative estimate of drug-likeness (QED) is 0.844. The van der Waals surface area contributed by atoms with E-state index < -0.39 is 0 Å². The van der Waals surface area contributed by atoms with Crippen LogP contribution >= 0.6 is 12.2 Å². The molecule has 5 heteroatoms. The van der Waals surface area contributed by atoms with Crippen LogP contribution in [0, 0.1) is 0 Å². The third-order valence-corrected chi connectivity index (χ3v) is 4.26. The predicted molar refractivity (Wildman–Crippen MR) is 96.5 cm³/mol. The van der Waals surface area contributed by atoms with E-state index in [1.165, 1.54) is 11.1 Å². The number of ether oxygens (including phenoxy) is 2. The standard InChI is InChI=1S/C18H20N2O2S/c1-21-15-7-8-16(17(11-15)22-2)20-18(23)19-14-9-12-5-3-4-6-13(12)10-14/h3-8,11,14H,9-10H2,1-2H3,(H2,19,20,23). The number of nitrogens with one attached hydrogen (secondary N) is 2. The summed E-state index contributed by atoms with van der Waals surface area (Å²) in [4.78, 5) is 0. The molecule has 0 fully saturated rings. The summed E-state index contributed by atoms with van der Waals surface area (Å²) < 4.78 is 10.6. The molecule has 1 aliphatic carbocycles. The number of methoxy groups -OCH3 is 2. The monoisotopic (exact) mass is 328 g/mol. The van der Waals surface area contributed by atoms with Gasteiger partial charge in [-0.15, -0.1) is 0 Å². The highest BCUT2D eigenvalue weighted by Gasteiger charge is 2.21. The van der Waals surface area contributed by atoms with Gasteiger partial charge < -0.3 is 20.1 Å². The summed E-state index contributed by atoms with van der Waals surface area (Å²) in [6.07, 6.45) is 2.00. The Balaban J connectivity index is 1.62. The molecule has 0 atom stereocenters. The molecule has 0 amide bonds. The number of benzene rings is 2. The van der Waals surface area contributed by atoms with Crippen molar-refractivity contribution in [2.24, 2.45) is 0 Å². The maximum atomic E-state index is 5.44. The maximum absolute atomic E-state index is 5.44. The Morgan fingerprint density at radius 3 is 2.35 bits per heavy atom. The van der Waals surface area contributed by atoms with Crippen LogP contribution in [0.15, 0.2) is 42.5 Å². The number of fused-ring (bicyclic) bond motifs is 1. The van der Waals surface area contributed by atoms with Gasteiger partial charge in [-0.3, -0.25) is 0 Å². The molecular weight excluding hydrogens is 308 g/mol. The van der Waals surface area contributed by atoms with Crippen LogP contribution in [0.1, 0.15) is 11.1 Å². The predicted octanol–water partition coefficient (Wildman–Crippen LogP) is 3.16. The second-order valence-corrected chi connectivity index (χ2v) is 5.95. The smallest absolute Gasteiger partial charge is 0.171 e. The van der Waals surface area contributed by atoms with E-state index in [-0.39, 0.29) is 0 Å². The Bertz CT molecular complexity index is 693. The van der Waals surface area contributed by atoms with Gasteiger partial charge in [0.1, 0.15) is 11.5 Å². The number of rotatable bonds is 4. The summed E-state index contributed by atoms with van der Waals surface area (Å²) in [6, 6.07) is 14.5. The fourth-order valence-corrected chi connectivity index (χ4v) is 3.18. The first-order chi connectivity index (χ1) is 11.2. The zero-order valence-electron chi connectivity index (χ0n) is 13.3. The van der Waals surface area contributed by atoms with Crippen LogP contribution in [0.2, 0.25) is 0 Å². The third-order valence-electron chi connectivity index (χ3n) is 4.04. The van der Waals surface area contributed by atoms with Crippen LogP contribution in [0.4, 0.5) is 5.69 Å². The molecule has 1 aliphatic rings. The molecule has 0 spiro atoms. The molecule has 4 nitrogen and oxygen atoms in total. The number of hydrogen-bond acceptors (Lipinski definition) is 3. The Kier molecular flexibility index (Phi) is 4.67. The first kappa shape index (κ1) is 15.6. The second kappa shape index (κ2) is 6.87. The highest BCUT2D eigenvalue weighted by atomic mass is 32.1. The van der Waals surface area contributed by atoms with E-state index in [0.29, 0.717) is 16.9 Å². The summed E-state index contributed by atoms with van der Waals surface area (Å²) in [7, 11) is 3.26. The van der Waals surface area contributed by atoms with Crippen molar-refractivity contribution in [1.82, 2.24) is 5.32 Å². The molecule has 0 saturated carbocycles. The summed E-state index contributed by atoms with van der Waals surface area (Å²) in [5, 5.41) is 7.20. The van der Waals surface area contributed by atoms with Gasteiger partial charge in [-0.25, -0.2) is 0 Å². The minimum absolute atomic E-state index is 0.330. The van der Waals surface area contributed by atoms with E-state index in [2.05, 4.69) is 34.9 Å². The Hall–Kier alpha value is -2.27. The van der Waals surface area contributed by atoms with Gasteiger partial charge in [0.2, 0.25) is 0 Å². The van der Waals surface area contributed by atoms with Gasteiger partial charge in [0, 0.05) is 12.1 Å². The Morgan fingerprint density at radius 1 is 1.04 bits per heavy atom. The van der Waals surface area contributed by atoms with E-state index in [9.17, 15) is 0 Å². The molecule has 2 aromatic carbocycles. The highest BCUT2D eigenvalue weighted by Crippen LogP contribution is 2.29. The zero-order valence-corrected chi connectivity index (χ0v) is 14.1. The lowest BCUT2D eigenvalue weighted by atomic mass is 10.1. The van der Waals surface area contributed by atoms with Crippen molar-refractivity contribution in [2.75, 3.05) is 19.5 Å². The SMILES string of the molecule is COc1ccc(NC(=S)NC2Cc3ccccc3C2)c(OC)c1. The second-order valence-electron chi connectivity index (χ2n) is 5.54. The van der Waals surface area contributed by atoms with Gasteiger partial charge >= 0.3 is 0 Å². The van der Waals surface area contributed by atoms with Crippen LogP contribution in [-0.4, -0.2) is 25.4 Å². The molecule has 2 aromatic rings. The van der Waals surface area contributed by atoms with Gasteiger partial charge in [-0.05, 0) is 48.3 Å². The van der Waals surface area contributed by atoms with E-state index >= 15 is 0 Å². The average Bonchev–Trinajstić information content (AvgIpc) is 2.97. The molecule has 0 bridgehead atoms. The molecular formula is C18H20N2O2S. The minimum atomic E-state index is 0.330. The van der Waals surface area contributed by atoms with Crippen LogP contribution in [0.25, 0.3) is 0 Å². The van der Waals surface area contributed by atoms with Crippen molar-refractivity contribution in [3.63, 3.8) is 0 Å². The molecule has 0 aliphatic heterocycles. The van der Waals surface area contributed by atoms with Crippen LogP contribution in [0.5, 0.6) is 11.5 Å². The highest BCUT2D eigenvalue weighted by molar-refractivity contribution is 7.80. The molecule has 0 unspecified atom stereocenters. The first-order valence-electron chi connectivity index (χ1n) is 7.56. The Morgan fingerprint density at radius 2 is 1.74 bits per heavy atom. The van der Waals surface area contributed by atoms with E-state index in [1.54, 1.807) is 14.2 Å². The molecule has 2 N–H and O–H groups in total. The van der Waals surface area contributed by atoms with Gasteiger partial charge in [0.25, 0.3) is 0 Å². The van der Waals surface area contributed by atoms with Crippen molar-refractivity contribution in [3.05, 3.63) is 53.6 Å². The third kappa shape index (κ3) is 3.56. The van der Waals surface area contributed by atoms with Crippen LogP contribution in [0.3, 0.4) is 0 Å². The van der Waals surface area contributed by atoms with Crippen molar-refractivity contribution < 1.29 is 9.47 Å². The normalized spacial score (nSPS) is 13.3. The van der Waals surface area contributed by atoms with Gasteiger partial charge in [-0.1, -0.05) is 24.3 Å². The van der Waals surface area contributed by atoms with E-state index in [4.69, 9.17) is 21.7 Å². The molecule has 0 heterocycles. The van der Waals surface area contributed by atoms with Crippen molar-refractivity contribution in [3.8, 4) is 11.5 Å². The summed E-state index contributed by atoms with van der Waals surface area (Å²) in [6.45, 7) is 0. The summed E-state index contributed by atoms with van der Waals surface area (Å²) in [5.41, 5.74) is 3.62. The average molecular weight is 328 g/mol. The maximum Gasteiger partial charge on any atom is 0.171 e. The van der Waals surface area contributed by atoms with Crippen molar-refractivity contribution in [2.45, 2.75) is 18.9 Å². The number of anilines is 1. The lowest BCUT2D eigenvalue weighted by Gasteiger charge is -2.17. The Labute approximate surface area is 141 Å². The van der Waals surface area contributed by atoms with Gasteiger partial charge in [-0.2, -0.15) is 0 Å². The van der Waals surface area contributed by atoms with Crippen molar-refractivity contribution in [1.29, 1.82) is 0 Å². The molecule has 0 radical (unpaired) electrons. The van der Waals surface area contributed by atoms with Gasteiger partial charge in [0.05, 0.1) is 19.9 Å². The number of thiocarbonyl (C=S) groups is 1. The van der Waals surface area contributed by atoms with Crippen LogP contribution < -0.4 is 20.1 Å². The lowest BCUT2D eigenvalue weighted by molar-refractivity contribution is 0.395. The lowest BCUT2D eigenvalue weighted by Crippen LogP contribution is -2.38. The largest absolute Gasteiger partial charge is 0.497 e. The van der Waals surface area contributed by atoms with E-state index in [0.717, 1.165) is 24.3 Å². The zero-order chi connectivity index (χ0) is 16.2. The first-order valence-corrected chi connectivity index (χ1v) is 7.96. The summed E-state index contributed by atoms with van der Waals surface area (Å²) >= 11 is 5.44. The topological polar surface area (TPSA) is 42.5 Å². The fraction of sp³-hybridized carbons (Fsp3) is 0.278. The summed E-state index contributed by atoms with van der Waals surface area (Å²) in [5.74, 6) is 1.45. The molecule has 3 rings (SSSR count). The van der Waals surface area contributed by atoms with Crippen LogP contribution in [-0.2, 0) is 12.8 Å². The molecule has 0 saturated heterocycles. The van der Waals surface area contributed by atoms with Crippen molar-refractivity contribution >= 4 is 23.0 Å². The fourth-order valence-electron chi connectivity index (χ4n) is 2.91. The molecule has 23 heavy (non-hydrogen) atoms. The van der Waals surface area contributed by atoms with E-state index in [1.807, 2.05) is 18.2 Å². The molecule has 0 aromatic heterocycles.